The van der Waals surface area contributed by atoms with Gasteiger partial charge in [0.05, 0.1) is 13.2 Å². The number of urea groups is 1. The average Bonchev–Trinajstić information content (AvgIpc) is 3.16. The summed E-state index contributed by atoms with van der Waals surface area (Å²) >= 11 is 0. The van der Waals surface area contributed by atoms with Gasteiger partial charge in [0.2, 0.25) is 0 Å². The number of aliphatic carboxylic acids is 1. The third-order valence-corrected chi connectivity index (χ3v) is 2.78. The van der Waals surface area contributed by atoms with Crippen LogP contribution in [0.1, 0.15) is 19.3 Å². The van der Waals surface area contributed by atoms with Crippen LogP contribution in [0.25, 0.3) is 0 Å². The van der Waals surface area contributed by atoms with E-state index in [0.717, 1.165) is 19.3 Å². The summed E-state index contributed by atoms with van der Waals surface area (Å²) in [5, 5.41) is 11.5. The minimum absolute atomic E-state index is 0.250. The lowest BCUT2D eigenvalue weighted by Gasteiger charge is -2.21. The van der Waals surface area contributed by atoms with Crippen molar-refractivity contribution >= 4 is 12.0 Å². The minimum Gasteiger partial charge on any atom is -0.480 e. The van der Waals surface area contributed by atoms with Crippen LogP contribution in [0, 0.1) is 5.92 Å². The second-order valence-corrected chi connectivity index (χ2v) is 4.64. The molecule has 2 amide bonds. The number of ether oxygens (including phenoxy) is 1. The average molecular weight is 270 g/mol. The first-order valence-corrected chi connectivity index (χ1v) is 6.56. The molecule has 1 saturated carbocycles. The Labute approximate surface area is 113 Å². The molecule has 0 atom stereocenters. The zero-order chi connectivity index (χ0) is 14.1. The predicted octanol–water partition coefficient (Wildman–Crippen LogP) is 1.09. The number of hydrogen-bond acceptors (Lipinski definition) is 3. The van der Waals surface area contributed by atoms with Gasteiger partial charge in [-0.25, -0.2) is 4.79 Å². The van der Waals surface area contributed by atoms with E-state index in [1.165, 1.54) is 4.90 Å². The number of nitrogens with zero attached hydrogens (tertiary/aromatic N) is 1. The molecule has 0 aromatic carbocycles. The maximum atomic E-state index is 11.8. The number of carboxylic acids is 1. The Balaban J connectivity index is 2.18. The van der Waals surface area contributed by atoms with Gasteiger partial charge in [-0.2, -0.15) is 0 Å². The molecule has 6 nitrogen and oxygen atoms in total. The summed E-state index contributed by atoms with van der Waals surface area (Å²) < 4.78 is 5.26. The normalized spacial score (nSPS) is 13.9. The van der Waals surface area contributed by atoms with Crippen molar-refractivity contribution < 1.29 is 19.4 Å². The summed E-state index contributed by atoms with van der Waals surface area (Å²) in [5.74, 6) is -0.521. The van der Waals surface area contributed by atoms with Gasteiger partial charge in [-0.15, -0.1) is 6.58 Å². The van der Waals surface area contributed by atoms with Crippen molar-refractivity contribution in [2.75, 3.05) is 32.8 Å². The van der Waals surface area contributed by atoms with Crippen LogP contribution in [-0.4, -0.2) is 54.9 Å². The number of carboxylic acid groups (broad SMARTS) is 1. The van der Waals surface area contributed by atoms with Crippen LogP contribution >= 0.6 is 0 Å². The summed E-state index contributed by atoms with van der Waals surface area (Å²) in [4.78, 5) is 23.9. The Hall–Kier alpha value is -1.56. The van der Waals surface area contributed by atoms with E-state index < -0.39 is 5.97 Å². The van der Waals surface area contributed by atoms with Gasteiger partial charge >= 0.3 is 12.0 Å². The summed E-state index contributed by atoms with van der Waals surface area (Å²) in [6.45, 7) is 5.24. The molecule has 0 aromatic rings. The van der Waals surface area contributed by atoms with Gasteiger partial charge in [0.1, 0.15) is 6.54 Å². The monoisotopic (exact) mass is 270 g/mol. The van der Waals surface area contributed by atoms with E-state index in [1.54, 1.807) is 6.08 Å². The highest BCUT2D eigenvalue weighted by Crippen LogP contribution is 2.29. The van der Waals surface area contributed by atoms with Crippen molar-refractivity contribution in [2.24, 2.45) is 5.92 Å². The molecule has 0 unspecified atom stereocenters. The van der Waals surface area contributed by atoms with Crippen molar-refractivity contribution in [1.82, 2.24) is 10.2 Å². The number of hydrogen-bond donors (Lipinski definition) is 2. The first kappa shape index (κ1) is 15.5. The SMILES string of the molecule is C=CCCOCCNC(=O)N(CC(=O)O)CC1CC1. The molecule has 1 rings (SSSR count). The highest BCUT2D eigenvalue weighted by atomic mass is 16.5. The van der Waals surface area contributed by atoms with E-state index in [-0.39, 0.29) is 12.6 Å². The second-order valence-electron chi connectivity index (χ2n) is 4.64. The molecule has 0 aromatic heterocycles. The van der Waals surface area contributed by atoms with E-state index >= 15 is 0 Å². The second kappa shape index (κ2) is 8.53. The fourth-order valence-electron chi connectivity index (χ4n) is 1.61. The van der Waals surface area contributed by atoms with Crippen molar-refractivity contribution in [3.8, 4) is 0 Å². The molecule has 0 heterocycles. The molecule has 108 valence electrons. The van der Waals surface area contributed by atoms with Gasteiger partial charge in [-0.3, -0.25) is 4.79 Å². The van der Waals surface area contributed by atoms with Crippen LogP contribution < -0.4 is 5.32 Å². The Bertz CT molecular complexity index is 316. The molecule has 0 aliphatic heterocycles. The largest absolute Gasteiger partial charge is 0.480 e. The molecule has 1 fully saturated rings. The molecular formula is C13H22N2O4. The standard InChI is InChI=1S/C13H22N2O4/c1-2-3-7-19-8-6-14-13(18)15(10-12(16)17)9-11-4-5-11/h2,11H,1,3-10H2,(H,14,18)(H,16,17). The summed E-state index contributed by atoms with van der Waals surface area (Å²) in [6, 6.07) is -0.332. The molecule has 19 heavy (non-hydrogen) atoms. The molecule has 1 aliphatic carbocycles. The third-order valence-electron chi connectivity index (χ3n) is 2.78. The number of carbonyl (C=O) groups excluding carboxylic acids is 1. The first-order valence-electron chi connectivity index (χ1n) is 6.56. The number of nitrogens with one attached hydrogen (secondary N) is 1. The summed E-state index contributed by atoms with van der Waals surface area (Å²) in [6.07, 6.45) is 4.70. The van der Waals surface area contributed by atoms with E-state index in [4.69, 9.17) is 9.84 Å². The van der Waals surface area contributed by atoms with Crippen LogP contribution in [0.5, 0.6) is 0 Å². The molecular weight excluding hydrogens is 248 g/mol. The van der Waals surface area contributed by atoms with Gasteiger partial charge in [-0.05, 0) is 25.2 Å². The molecule has 0 radical (unpaired) electrons. The van der Waals surface area contributed by atoms with Gasteiger partial charge in [-0.1, -0.05) is 6.08 Å². The Morgan fingerprint density at radius 2 is 2.16 bits per heavy atom. The molecule has 6 heteroatoms. The smallest absolute Gasteiger partial charge is 0.323 e. The quantitative estimate of drug-likeness (QED) is 0.460. The van der Waals surface area contributed by atoms with Gasteiger partial charge < -0.3 is 20.1 Å². The first-order chi connectivity index (χ1) is 9.13. The predicted molar refractivity (Wildman–Crippen MR) is 71.0 cm³/mol. The lowest BCUT2D eigenvalue weighted by molar-refractivity contribution is -0.137. The lowest BCUT2D eigenvalue weighted by Crippen LogP contribution is -2.44. The fourth-order valence-corrected chi connectivity index (χ4v) is 1.61. The fraction of sp³-hybridized carbons (Fsp3) is 0.692. The van der Waals surface area contributed by atoms with E-state index in [9.17, 15) is 9.59 Å². The lowest BCUT2D eigenvalue weighted by atomic mass is 10.3. The topological polar surface area (TPSA) is 78.9 Å². The van der Waals surface area contributed by atoms with Crippen LogP contribution in [0.4, 0.5) is 4.79 Å². The molecule has 0 spiro atoms. The Kier molecular flexibility index (Phi) is 6.95. The van der Waals surface area contributed by atoms with Crippen LogP contribution in [0.15, 0.2) is 12.7 Å². The Morgan fingerprint density at radius 1 is 1.42 bits per heavy atom. The zero-order valence-electron chi connectivity index (χ0n) is 11.1. The van der Waals surface area contributed by atoms with Crippen molar-refractivity contribution in [3.05, 3.63) is 12.7 Å². The van der Waals surface area contributed by atoms with Crippen molar-refractivity contribution in [3.63, 3.8) is 0 Å². The number of amides is 2. The summed E-state index contributed by atoms with van der Waals surface area (Å²) in [5.41, 5.74) is 0. The van der Waals surface area contributed by atoms with Crippen LogP contribution in [-0.2, 0) is 9.53 Å². The summed E-state index contributed by atoms with van der Waals surface area (Å²) in [7, 11) is 0. The molecule has 0 saturated heterocycles. The van der Waals surface area contributed by atoms with Gasteiger partial charge in [0.15, 0.2) is 0 Å². The Morgan fingerprint density at radius 3 is 2.74 bits per heavy atom. The number of carbonyl (C=O) groups is 2. The minimum atomic E-state index is -0.988. The van der Waals surface area contributed by atoms with Crippen LogP contribution in [0.3, 0.4) is 0 Å². The third kappa shape index (κ3) is 7.46. The number of rotatable bonds is 10. The molecule has 2 N–H and O–H groups in total. The van der Waals surface area contributed by atoms with Crippen molar-refractivity contribution in [2.45, 2.75) is 19.3 Å². The maximum absolute atomic E-state index is 11.8. The van der Waals surface area contributed by atoms with E-state index in [0.29, 0.717) is 32.2 Å². The zero-order valence-corrected chi connectivity index (χ0v) is 11.1. The van der Waals surface area contributed by atoms with Crippen LogP contribution in [0.2, 0.25) is 0 Å². The molecule has 1 aliphatic rings. The highest BCUT2D eigenvalue weighted by molar-refractivity contribution is 5.80. The van der Waals surface area contributed by atoms with Crippen molar-refractivity contribution in [1.29, 1.82) is 0 Å². The van der Waals surface area contributed by atoms with Gasteiger partial charge in [0.25, 0.3) is 0 Å². The van der Waals surface area contributed by atoms with E-state index in [1.807, 2.05) is 0 Å². The van der Waals surface area contributed by atoms with E-state index in [2.05, 4.69) is 11.9 Å². The van der Waals surface area contributed by atoms with Gasteiger partial charge in [0, 0.05) is 13.1 Å². The highest BCUT2D eigenvalue weighted by Gasteiger charge is 2.27. The maximum Gasteiger partial charge on any atom is 0.323 e. The molecule has 0 bridgehead atoms.